The van der Waals surface area contributed by atoms with Crippen molar-refractivity contribution < 1.29 is 38.7 Å². The van der Waals surface area contributed by atoms with Crippen LogP contribution in [0.4, 0.5) is 0 Å². The molecule has 4 aromatic carbocycles. The number of methoxy groups -OCH3 is 2. The van der Waals surface area contributed by atoms with Crippen molar-refractivity contribution in [3.05, 3.63) is 119 Å². The van der Waals surface area contributed by atoms with Crippen molar-refractivity contribution in [1.82, 2.24) is 0 Å². The van der Waals surface area contributed by atoms with E-state index in [4.69, 9.17) is 18.9 Å². The zero-order chi connectivity index (χ0) is 37.6. The Labute approximate surface area is 318 Å². The summed E-state index contributed by atoms with van der Waals surface area (Å²) in [7, 11) is 3.39. The van der Waals surface area contributed by atoms with Gasteiger partial charge in [-0.1, -0.05) is 48.5 Å². The predicted octanol–water partition coefficient (Wildman–Crippen LogP) is 9.69. The highest BCUT2D eigenvalue weighted by atomic mass is 16.5. The molecule has 0 spiro atoms. The molecule has 8 heteroatoms. The summed E-state index contributed by atoms with van der Waals surface area (Å²) in [6.07, 6.45) is 7.21. The van der Waals surface area contributed by atoms with Gasteiger partial charge >= 0.3 is 11.9 Å². The summed E-state index contributed by atoms with van der Waals surface area (Å²) in [4.78, 5) is 22.4. The number of benzene rings is 4. The number of rotatable bonds is 18. The Hall–Kier alpha value is -4.98. The third kappa shape index (κ3) is 10.2. The lowest BCUT2D eigenvalue weighted by Gasteiger charge is -2.16. The van der Waals surface area contributed by atoms with Crippen LogP contribution in [0.5, 0.6) is 23.0 Å². The normalized spacial score (nSPS) is 22.1. The van der Waals surface area contributed by atoms with Crippen LogP contribution in [0.3, 0.4) is 0 Å². The van der Waals surface area contributed by atoms with E-state index in [2.05, 4.69) is 24.3 Å². The van der Waals surface area contributed by atoms with Gasteiger partial charge < -0.3 is 29.2 Å². The molecule has 4 saturated carbocycles. The highest BCUT2D eigenvalue weighted by Gasteiger charge is 2.40. The molecule has 4 aliphatic rings. The summed E-state index contributed by atoms with van der Waals surface area (Å²) in [6.45, 7) is 1.39. The molecule has 4 aliphatic carbocycles. The van der Waals surface area contributed by atoms with Crippen LogP contribution in [0.2, 0.25) is 0 Å². The van der Waals surface area contributed by atoms with Crippen LogP contribution in [0.25, 0.3) is 0 Å². The predicted molar refractivity (Wildman–Crippen MR) is 207 cm³/mol. The lowest BCUT2D eigenvalue weighted by Crippen LogP contribution is -2.09. The molecule has 284 valence electrons. The van der Waals surface area contributed by atoms with E-state index in [1.807, 2.05) is 72.8 Å². The quantitative estimate of drug-likeness (QED) is 0.104. The van der Waals surface area contributed by atoms with Gasteiger partial charge in [-0.25, -0.2) is 0 Å². The van der Waals surface area contributed by atoms with E-state index in [1.165, 1.54) is 11.1 Å². The second-order valence-electron chi connectivity index (χ2n) is 15.6. The Bertz CT molecular complexity index is 1760. The lowest BCUT2D eigenvalue weighted by atomic mass is 9.91. The summed E-state index contributed by atoms with van der Waals surface area (Å²) in [5.41, 5.74) is 4.81. The van der Waals surface area contributed by atoms with Crippen LogP contribution in [0.15, 0.2) is 97.1 Å². The number of carbonyl (C=O) groups is 2. The van der Waals surface area contributed by atoms with Crippen molar-refractivity contribution in [2.75, 3.05) is 27.4 Å². The molecule has 2 N–H and O–H groups in total. The molecular weight excluding hydrogens is 680 g/mol. The van der Waals surface area contributed by atoms with Gasteiger partial charge in [0.2, 0.25) is 0 Å². The topological polar surface area (TPSA) is 112 Å². The van der Waals surface area contributed by atoms with Crippen molar-refractivity contribution in [2.45, 2.75) is 75.0 Å². The van der Waals surface area contributed by atoms with Gasteiger partial charge in [-0.15, -0.1) is 0 Å². The minimum absolute atomic E-state index is 0.108. The molecule has 8 rings (SSSR count). The van der Waals surface area contributed by atoms with Gasteiger partial charge in [0.15, 0.2) is 0 Å². The zero-order valence-electron chi connectivity index (χ0n) is 31.3. The second-order valence-corrected chi connectivity index (χ2v) is 15.6. The minimum atomic E-state index is -0.725. The maximum atomic E-state index is 11.2. The third-order valence-corrected chi connectivity index (χ3v) is 11.6. The molecule has 8 nitrogen and oxygen atoms in total. The Balaban J connectivity index is 0.000000167. The zero-order valence-corrected chi connectivity index (χ0v) is 31.3. The standard InChI is InChI=1S/2C23H26O4/c2*1-26-19-6-2-4-16(10-19)21-12-18(21)14-27-20-7-3-5-17(11-20)22(13-23(24)25)15-8-9-15/h2*2-7,10-11,15,18,21-22H,8-9,12-14H2,1H3,(H,24,25)/t2*18?,21?,22-/m00/s1. The Kier molecular flexibility index (Phi) is 11.8. The maximum Gasteiger partial charge on any atom is 0.303 e. The van der Waals surface area contributed by atoms with Gasteiger partial charge in [0.25, 0.3) is 0 Å². The summed E-state index contributed by atoms with van der Waals surface area (Å²) in [5, 5.41) is 18.4. The van der Waals surface area contributed by atoms with Crippen molar-refractivity contribution >= 4 is 11.9 Å². The first-order valence-corrected chi connectivity index (χ1v) is 19.4. The van der Waals surface area contributed by atoms with Crippen LogP contribution in [-0.2, 0) is 9.59 Å². The molecule has 4 unspecified atom stereocenters. The lowest BCUT2D eigenvalue weighted by molar-refractivity contribution is -0.138. The fraction of sp³-hybridized carbons (Fsp3) is 0.435. The SMILES string of the molecule is COc1cccc(C2CC2COc2cccc([C@@H](CC(=O)O)C3CC3)c2)c1.COc1cccc(C2CC2COc2cccc([C@@H](CC(=O)O)C3CC3)c2)c1. The van der Waals surface area contributed by atoms with Crippen molar-refractivity contribution in [2.24, 2.45) is 23.7 Å². The fourth-order valence-electron chi connectivity index (χ4n) is 7.99. The van der Waals surface area contributed by atoms with E-state index in [-0.39, 0.29) is 24.7 Å². The first kappa shape index (κ1) is 37.3. The number of ether oxygens (including phenoxy) is 4. The second kappa shape index (κ2) is 17.0. The number of hydrogen-bond donors (Lipinski definition) is 2. The van der Waals surface area contributed by atoms with Crippen molar-refractivity contribution in [3.8, 4) is 23.0 Å². The highest BCUT2D eigenvalue weighted by molar-refractivity contribution is 5.68. The molecular formula is C46H52O8. The molecule has 4 aromatic rings. The van der Waals surface area contributed by atoms with Crippen molar-refractivity contribution in [1.29, 1.82) is 0 Å². The minimum Gasteiger partial charge on any atom is -0.497 e. The molecule has 0 amide bonds. The van der Waals surface area contributed by atoms with Gasteiger partial charge in [-0.2, -0.15) is 0 Å². The summed E-state index contributed by atoms with van der Waals surface area (Å²) in [6, 6.07) is 32.6. The molecule has 0 bridgehead atoms. The van der Waals surface area contributed by atoms with Crippen LogP contribution < -0.4 is 18.9 Å². The molecule has 0 aromatic heterocycles. The molecule has 0 radical (unpaired) electrons. The van der Waals surface area contributed by atoms with Crippen LogP contribution in [0, 0.1) is 23.7 Å². The van der Waals surface area contributed by atoms with E-state index in [1.54, 1.807) is 14.2 Å². The number of carboxylic acid groups (broad SMARTS) is 2. The smallest absolute Gasteiger partial charge is 0.303 e. The van der Waals surface area contributed by atoms with E-state index in [0.717, 1.165) is 72.6 Å². The van der Waals surface area contributed by atoms with E-state index >= 15 is 0 Å². The molecule has 6 atom stereocenters. The molecule has 0 heterocycles. The average molecular weight is 733 g/mol. The van der Waals surface area contributed by atoms with Crippen LogP contribution in [0.1, 0.15) is 97.3 Å². The van der Waals surface area contributed by atoms with E-state index < -0.39 is 11.9 Å². The average Bonchev–Trinajstić information content (AvgIpc) is 4.00. The molecule has 0 saturated heterocycles. The monoisotopic (exact) mass is 732 g/mol. The van der Waals surface area contributed by atoms with E-state index in [9.17, 15) is 19.8 Å². The number of hydrogen-bond acceptors (Lipinski definition) is 6. The van der Waals surface area contributed by atoms with Crippen LogP contribution >= 0.6 is 0 Å². The first-order chi connectivity index (χ1) is 26.3. The van der Waals surface area contributed by atoms with Gasteiger partial charge in [-0.05, 0) is 145 Å². The first-order valence-electron chi connectivity index (χ1n) is 19.4. The van der Waals surface area contributed by atoms with Gasteiger partial charge in [0.1, 0.15) is 23.0 Å². The Morgan fingerprint density at radius 3 is 1.33 bits per heavy atom. The number of carboxylic acids is 2. The molecule has 54 heavy (non-hydrogen) atoms. The summed E-state index contributed by atoms with van der Waals surface area (Å²) in [5.74, 6) is 5.41. The maximum absolute atomic E-state index is 11.2. The molecule has 0 aliphatic heterocycles. The number of aliphatic carboxylic acids is 2. The Morgan fingerprint density at radius 2 is 0.963 bits per heavy atom. The van der Waals surface area contributed by atoms with Gasteiger partial charge in [-0.3, -0.25) is 9.59 Å². The third-order valence-electron chi connectivity index (χ3n) is 11.6. The molecule has 4 fully saturated rings. The van der Waals surface area contributed by atoms with Crippen molar-refractivity contribution in [3.63, 3.8) is 0 Å². The largest absolute Gasteiger partial charge is 0.497 e. The fourth-order valence-corrected chi connectivity index (χ4v) is 7.99. The van der Waals surface area contributed by atoms with Gasteiger partial charge in [0, 0.05) is 11.8 Å². The van der Waals surface area contributed by atoms with Gasteiger partial charge in [0.05, 0.1) is 40.3 Å². The summed E-state index contributed by atoms with van der Waals surface area (Å²) < 4.78 is 22.7. The Morgan fingerprint density at radius 1 is 0.574 bits per heavy atom. The van der Waals surface area contributed by atoms with Crippen LogP contribution in [-0.4, -0.2) is 49.6 Å². The highest BCUT2D eigenvalue weighted by Crippen LogP contribution is 2.50. The summed E-state index contributed by atoms with van der Waals surface area (Å²) >= 11 is 0. The van der Waals surface area contributed by atoms with E-state index in [0.29, 0.717) is 48.7 Å².